The molecule has 1 unspecified atom stereocenters. The van der Waals surface area contributed by atoms with Crippen LogP contribution in [0.2, 0.25) is 0 Å². The molecule has 1 aliphatic heterocycles. The summed E-state index contributed by atoms with van der Waals surface area (Å²) in [5.74, 6) is 0.323. The highest BCUT2D eigenvalue weighted by molar-refractivity contribution is 7.92. The molecule has 1 fully saturated rings. The fourth-order valence-corrected chi connectivity index (χ4v) is 3.08. The van der Waals surface area contributed by atoms with Crippen molar-refractivity contribution in [1.82, 2.24) is 5.32 Å². The number of nitrogens with one attached hydrogen (secondary N) is 1. The molecule has 0 saturated carbocycles. The van der Waals surface area contributed by atoms with Gasteiger partial charge in [0, 0.05) is 6.54 Å². The summed E-state index contributed by atoms with van der Waals surface area (Å²) in [5, 5.41) is 2.77. The maximum Gasteiger partial charge on any atom is 0.167 e. The van der Waals surface area contributed by atoms with Crippen molar-refractivity contribution in [2.24, 2.45) is 0 Å². The first-order valence-corrected chi connectivity index (χ1v) is 6.33. The number of rotatable bonds is 4. The topological polar surface area (TPSA) is 46.2 Å². The first kappa shape index (κ1) is 9.99. The van der Waals surface area contributed by atoms with Crippen LogP contribution >= 0.6 is 0 Å². The molecule has 12 heavy (non-hydrogen) atoms. The quantitative estimate of drug-likeness (QED) is 0.672. The summed E-state index contributed by atoms with van der Waals surface area (Å²) in [6.07, 6.45) is 4.09. The van der Waals surface area contributed by atoms with Gasteiger partial charge in [0.1, 0.15) is 5.37 Å². The second-order valence-corrected chi connectivity index (χ2v) is 5.61. The van der Waals surface area contributed by atoms with Gasteiger partial charge >= 0.3 is 0 Å². The molecule has 0 aromatic carbocycles. The summed E-state index contributed by atoms with van der Waals surface area (Å²) in [6, 6.07) is 0. The Morgan fingerprint density at radius 2 is 2.17 bits per heavy atom. The highest BCUT2D eigenvalue weighted by Crippen LogP contribution is 2.13. The molecular formula is C8H17NO2S. The first-order chi connectivity index (χ1) is 5.67. The van der Waals surface area contributed by atoms with Crippen LogP contribution in [-0.4, -0.2) is 26.1 Å². The minimum absolute atomic E-state index is 0.246. The van der Waals surface area contributed by atoms with Crippen LogP contribution in [-0.2, 0) is 9.84 Å². The van der Waals surface area contributed by atoms with Gasteiger partial charge in [0.25, 0.3) is 0 Å². The Hall–Kier alpha value is -0.0900. The molecule has 0 spiro atoms. The molecule has 0 radical (unpaired) electrons. The average Bonchev–Trinajstić information content (AvgIpc) is 2.32. The van der Waals surface area contributed by atoms with Crippen molar-refractivity contribution < 1.29 is 8.42 Å². The van der Waals surface area contributed by atoms with E-state index in [1.165, 1.54) is 0 Å². The lowest BCUT2D eigenvalue weighted by atomic mass is 10.2. The van der Waals surface area contributed by atoms with Crippen molar-refractivity contribution in [3.05, 3.63) is 0 Å². The summed E-state index contributed by atoms with van der Waals surface area (Å²) >= 11 is 0. The predicted octanol–water partition coefficient (Wildman–Crippen LogP) is 0.911. The molecule has 1 rings (SSSR count). The monoisotopic (exact) mass is 191 g/mol. The van der Waals surface area contributed by atoms with E-state index in [1.807, 2.05) is 0 Å². The van der Waals surface area contributed by atoms with Crippen LogP contribution in [0.3, 0.4) is 0 Å². The van der Waals surface area contributed by atoms with Crippen molar-refractivity contribution in [3.8, 4) is 0 Å². The third kappa shape index (κ3) is 2.45. The number of hydrogen-bond donors (Lipinski definition) is 1. The van der Waals surface area contributed by atoms with Crippen LogP contribution < -0.4 is 5.32 Å². The van der Waals surface area contributed by atoms with Gasteiger partial charge in [-0.05, 0) is 6.42 Å². The molecule has 1 N–H and O–H groups in total. The summed E-state index contributed by atoms with van der Waals surface area (Å²) in [5.41, 5.74) is 0. The van der Waals surface area contributed by atoms with Crippen molar-refractivity contribution in [1.29, 1.82) is 0 Å². The molecule has 0 aliphatic carbocycles. The highest BCUT2D eigenvalue weighted by atomic mass is 32.2. The molecular weight excluding hydrogens is 174 g/mol. The fraction of sp³-hybridized carbons (Fsp3) is 1.00. The van der Waals surface area contributed by atoms with Gasteiger partial charge in [0.2, 0.25) is 0 Å². The predicted molar refractivity (Wildman–Crippen MR) is 49.7 cm³/mol. The molecule has 0 aromatic heterocycles. The zero-order valence-corrected chi connectivity index (χ0v) is 8.36. The second-order valence-electron chi connectivity index (χ2n) is 3.31. The lowest BCUT2D eigenvalue weighted by molar-refractivity contribution is 0.550. The van der Waals surface area contributed by atoms with Gasteiger partial charge < -0.3 is 5.32 Å². The van der Waals surface area contributed by atoms with E-state index in [4.69, 9.17) is 0 Å². The summed E-state index contributed by atoms with van der Waals surface area (Å²) < 4.78 is 22.6. The van der Waals surface area contributed by atoms with Gasteiger partial charge in [-0.1, -0.05) is 26.2 Å². The standard InChI is InChI=1S/C8H17NO2S/c1-2-3-4-5-8-9-6-7-12(8,10)11/h8-9H,2-7H2,1H3. The molecule has 4 heteroatoms. The molecule has 1 aliphatic rings. The Balaban J connectivity index is 2.32. The van der Waals surface area contributed by atoms with Crippen LogP contribution in [0.5, 0.6) is 0 Å². The van der Waals surface area contributed by atoms with Crippen molar-refractivity contribution in [2.75, 3.05) is 12.3 Å². The van der Waals surface area contributed by atoms with Crippen LogP contribution in [0.4, 0.5) is 0 Å². The van der Waals surface area contributed by atoms with Crippen LogP contribution in [0.1, 0.15) is 32.6 Å². The van der Waals surface area contributed by atoms with Crippen molar-refractivity contribution in [2.45, 2.75) is 38.0 Å². The van der Waals surface area contributed by atoms with E-state index < -0.39 is 9.84 Å². The highest BCUT2D eigenvalue weighted by Gasteiger charge is 2.29. The third-order valence-corrected chi connectivity index (χ3v) is 4.30. The summed E-state index contributed by atoms with van der Waals surface area (Å²) in [7, 11) is -2.78. The van der Waals surface area contributed by atoms with Gasteiger partial charge in [-0.3, -0.25) is 0 Å². The minimum Gasteiger partial charge on any atom is -0.300 e. The smallest absolute Gasteiger partial charge is 0.167 e. The lowest BCUT2D eigenvalue weighted by Crippen LogP contribution is -2.26. The Labute approximate surface area is 74.5 Å². The van der Waals surface area contributed by atoms with Gasteiger partial charge in [-0.2, -0.15) is 0 Å². The Kier molecular flexibility index (Phi) is 3.53. The molecule has 0 bridgehead atoms. The maximum absolute atomic E-state index is 11.3. The lowest BCUT2D eigenvalue weighted by Gasteiger charge is -2.08. The SMILES string of the molecule is CCCCCC1NCCS1(=O)=O. The zero-order valence-electron chi connectivity index (χ0n) is 7.54. The molecule has 72 valence electrons. The average molecular weight is 191 g/mol. The van der Waals surface area contributed by atoms with Gasteiger partial charge in [0.15, 0.2) is 9.84 Å². The van der Waals surface area contributed by atoms with Gasteiger partial charge in [-0.15, -0.1) is 0 Å². The number of sulfone groups is 1. The first-order valence-electron chi connectivity index (χ1n) is 4.62. The second kappa shape index (κ2) is 4.23. The Morgan fingerprint density at radius 3 is 2.67 bits per heavy atom. The Morgan fingerprint density at radius 1 is 1.42 bits per heavy atom. The van der Waals surface area contributed by atoms with Crippen LogP contribution in [0.15, 0.2) is 0 Å². The van der Waals surface area contributed by atoms with Crippen molar-refractivity contribution in [3.63, 3.8) is 0 Å². The van der Waals surface area contributed by atoms with E-state index in [-0.39, 0.29) is 5.37 Å². The Bertz CT molecular complexity index is 223. The van der Waals surface area contributed by atoms with E-state index in [1.54, 1.807) is 0 Å². The van der Waals surface area contributed by atoms with E-state index in [2.05, 4.69) is 12.2 Å². The molecule has 3 nitrogen and oxygen atoms in total. The molecule has 0 amide bonds. The van der Waals surface area contributed by atoms with E-state index in [9.17, 15) is 8.42 Å². The zero-order chi connectivity index (χ0) is 9.03. The van der Waals surface area contributed by atoms with Crippen LogP contribution in [0, 0.1) is 0 Å². The number of unbranched alkanes of at least 4 members (excludes halogenated alkanes) is 2. The third-order valence-electron chi connectivity index (χ3n) is 2.26. The van der Waals surface area contributed by atoms with Crippen LogP contribution in [0.25, 0.3) is 0 Å². The van der Waals surface area contributed by atoms with E-state index in [0.29, 0.717) is 12.3 Å². The number of hydrogen-bond acceptors (Lipinski definition) is 3. The molecule has 1 heterocycles. The molecule has 1 atom stereocenters. The summed E-state index contributed by atoms with van der Waals surface area (Å²) in [6.45, 7) is 2.76. The fourth-order valence-electron chi connectivity index (χ4n) is 1.49. The van der Waals surface area contributed by atoms with Gasteiger partial charge in [0.05, 0.1) is 5.75 Å². The largest absolute Gasteiger partial charge is 0.300 e. The molecule has 0 aromatic rings. The molecule has 1 saturated heterocycles. The van der Waals surface area contributed by atoms with E-state index in [0.717, 1.165) is 25.7 Å². The van der Waals surface area contributed by atoms with Crippen molar-refractivity contribution >= 4 is 9.84 Å². The normalized spacial score (nSPS) is 27.6. The summed E-state index contributed by atoms with van der Waals surface area (Å²) in [4.78, 5) is 0. The van der Waals surface area contributed by atoms with E-state index >= 15 is 0 Å². The maximum atomic E-state index is 11.3. The minimum atomic E-state index is -2.78. The van der Waals surface area contributed by atoms with Gasteiger partial charge in [-0.25, -0.2) is 8.42 Å².